The first-order valence-electron chi connectivity index (χ1n) is 4.60. The lowest BCUT2D eigenvalue weighted by Gasteiger charge is -2.09. The Bertz CT molecular complexity index is 449. The standard InChI is InChI=1S/C11H12BrNO/c1-7(6-14)8-3-2-4-10-11(8)9(12)5-13-10/h2-5,7,13-14H,6H2,1H3. The Morgan fingerprint density at radius 1 is 1.50 bits per heavy atom. The van der Waals surface area contributed by atoms with Crippen LogP contribution in [0.5, 0.6) is 0 Å². The third-order valence-electron chi connectivity index (χ3n) is 2.49. The van der Waals surface area contributed by atoms with E-state index in [9.17, 15) is 0 Å². The summed E-state index contributed by atoms with van der Waals surface area (Å²) in [5.41, 5.74) is 2.28. The van der Waals surface area contributed by atoms with Gasteiger partial charge in [0.1, 0.15) is 0 Å². The molecule has 0 bridgehead atoms. The van der Waals surface area contributed by atoms with E-state index in [0.29, 0.717) is 0 Å². The Balaban J connectivity index is 2.69. The maximum Gasteiger partial charge on any atom is 0.0497 e. The van der Waals surface area contributed by atoms with Gasteiger partial charge in [-0.15, -0.1) is 0 Å². The summed E-state index contributed by atoms with van der Waals surface area (Å²) in [6.07, 6.45) is 1.93. The lowest BCUT2D eigenvalue weighted by Crippen LogP contribution is -1.99. The second-order valence-electron chi connectivity index (χ2n) is 3.49. The molecule has 1 aromatic heterocycles. The molecule has 3 heteroatoms. The largest absolute Gasteiger partial charge is 0.396 e. The Labute approximate surface area is 91.1 Å². The van der Waals surface area contributed by atoms with E-state index in [0.717, 1.165) is 9.99 Å². The topological polar surface area (TPSA) is 36.0 Å². The highest BCUT2D eigenvalue weighted by molar-refractivity contribution is 9.10. The van der Waals surface area contributed by atoms with Crippen LogP contribution in [0, 0.1) is 0 Å². The highest BCUT2D eigenvalue weighted by Gasteiger charge is 2.11. The summed E-state index contributed by atoms with van der Waals surface area (Å²) >= 11 is 3.50. The van der Waals surface area contributed by atoms with Gasteiger partial charge in [-0.25, -0.2) is 0 Å². The number of rotatable bonds is 2. The van der Waals surface area contributed by atoms with Gasteiger partial charge in [-0.2, -0.15) is 0 Å². The monoisotopic (exact) mass is 253 g/mol. The number of hydrogen-bond donors (Lipinski definition) is 2. The van der Waals surface area contributed by atoms with Crippen LogP contribution in [-0.2, 0) is 0 Å². The maximum absolute atomic E-state index is 9.15. The first-order valence-corrected chi connectivity index (χ1v) is 5.39. The molecule has 2 N–H and O–H groups in total. The van der Waals surface area contributed by atoms with Crippen molar-refractivity contribution >= 4 is 26.8 Å². The average molecular weight is 254 g/mol. The maximum atomic E-state index is 9.15. The van der Waals surface area contributed by atoms with Crippen molar-refractivity contribution in [3.05, 3.63) is 34.4 Å². The Kier molecular flexibility index (Phi) is 2.61. The molecule has 0 aliphatic heterocycles. The minimum Gasteiger partial charge on any atom is -0.396 e. The Morgan fingerprint density at radius 2 is 2.29 bits per heavy atom. The summed E-state index contributed by atoms with van der Waals surface area (Å²) in [7, 11) is 0. The smallest absolute Gasteiger partial charge is 0.0497 e. The van der Waals surface area contributed by atoms with E-state index in [1.54, 1.807) is 0 Å². The van der Waals surface area contributed by atoms with E-state index >= 15 is 0 Å². The molecule has 2 rings (SSSR count). The predicted octanol–water partition coefficient (Wildman–Crippen LogP) is 3.03. The molecule has 0 amide bonds. The minimum atomic E-state index is 0.172. The van der Waals surface area contributed by atoms with Crippen LogP contribution in [-0.4, -0.2) is 16.7 Å². The van der Waals surface area contributed by atoms with Crippen molar-refractivity contribution in [1.82, 2.24) is 4.98 Å². The second-order valence-corrected chi connectivity index (χ2v) is 4.34. The zero-order valence-electron chi connectivity index (χ0n) is 7.92. The molecule has 74 valence electrons. The lowest BCUT2D eigenvalue weighted by molar-refractivity contribution is 0.273. The van der Waals surface area contributed by atoms with Crippen LogP contribution in [0.25, 0.3) is 10.9 Å². The number of halogens is 1. The van der Waals surface area contributed by atoms with Gasteiger partial charge >= 0.3 is 0 Å². The second kappa shape index (κ2) is 3.75. The van der Waals surface area contributed by atoms with E-state index in [-0.39, 0.29) is 12.5 Å². The molecule has 1 aromatic carbocycles. The minimum absolute atomic E-state index is 0.172. The van der Waals surface area contributed by atoms with Gasteiger partial charge in [-0.05, 0) is 27.6 Å². The zero-order chi connectivity index (χ0) is 10.1. The summed E-state index contributed by atoms with van der Waals surface area (Å²) in [5.74, 6) is 0.172. The number of aliphatic hydroxyl groups excluding tert-OH is 1. The SMILES string of the molecule is CC(CO)c1cccc2[nH]cc(Br)c12. The molecule has 0 fully saturated rings. The number of benzene rings is 1. The van der Waals surface area contributed by atoms with Gasteiger partial charge in [0.05, 0.1) is 0 Å². The van der Waals surface area contributed by atoms with Gasteiger partial charge in [0.2, 0.25) is 0 Å². The van der Waals surface area contributed by atoms with E-state index in [1.807, 2.05) is 25.3 Å². The number of aromatic amines is 1. The number of aromatic nitrogens is 1. The number of fused-ring (bicyclic) bond motifs is 1. The number of aliphatic hydroxyl groups is 1. The van der Waals surface area contributed by atoms with Crippen molar-refractivity contribution in [1.29, 1.82) is 0 Å². The van der Waals surface area contributed by atoms with Crippen LogP contribution in [0.3, 0.4) is 0 Å². The van der Waals surface area contributed by atoms with Crippen molar-refractivity contribution in [2.24, 2.45) is 0 Å². The van der Waals surface area contributed by atoms with E-state index in [4.69, 9.17) is 5.11 Å². The molecule has 2 nitrogen and oxygen atoms in total. The van der Waals surface area contributed by atoms with E-state index in [2.05, 4.69) is 27.0 Å². The van der Waals surface area contributed by atoms with Gasteiger partial charge in [-0.1, -0.05) is 19.1 Å². The van der Waals surface area contributed by atoms with Crippen LogP contribution < -0.4 is 0 Å². The summed E-state index contributed by atoms with van der Waals surface area (Å²) in [6.45, 7) is 2.20. The third kappa shape index (κ3) is 1.47. The molecule has 1 unspecified atom stereocenters. The van der Waals surface area contributed by atoms with E-state index < -0.39 is 0 Å². The van der Waals surface area contributed by atoms with Crippen LogP contribution in [0.2, 0.25) is 0 Å². The number of nitrogens with one attached hydrogen (secondary N) is 1. The molecule has 0 saturated heterocycles. The van der Waals surface area contributed by atoms with Crippen molar-refractivity contribution in [2.45, 2.75) is 12.8 Å². The predicted molar refractivity (Wildman–Crippen MR) is 61.5 cm³/mol. The van der Waals surface area contributed by atoms with Gasteiger partial charge < -0.3 is 10.1 Å². The molecule has 0 saturated carbocycles. The fourth-order valence-corrected chi connectivity index (χ4v) is 2.24. The number of hydrogen-bond acceptors (Lipinski definition) is 1. The lowest BCUT2D eigenvalue weighted by atomic mass is 9.98. The molecular weight excluding hydrogens is 242 g/mol. The normalized spacial score (nSPS) is 13.4. The molecule has 0 spiro atoms. The van der Waals surface area contributed by atoms with Crippen LogP contribution in [0.4, 0.5) is 0 Å². The van der Waals surface area contributed by atoms with Gasteiger partial charge in [0.15, 0.2) is 0 Å². The first-order chi connectivity index (χ1) is 6.74. The molecule has 1 heterocycles. The fraction of sp³-hybridized carbons (Fsp3) is 0.273. The van der Waals surface area contributed by atoms with Crippen molar-refractivity contribution in [3.63, 3.8) is 0 Å². The molecule has 0 aliphatic rings. The van der Waals surface area contributed by atoms with Gasteiger partial charge in [-0.3, -0.25) is 0 Å². The Hall–Kier alpha value is -0.800. The zero-order valence-corrected chi connectivity index (χ0v) is 9.51. The van der Waals surface area contributed by atoms with E-state index in [1.165, 1.54) is 10.9 Å². The van der Waals surface area contributed by atoms with Gasteiger partial charge in [0, 0.05) is 34.1 Å². The highest BCUT2D eigenvalue weighted by Crippen LogP contribution is 2.31. The summed E-state index contributed by atoms with van der Waals surface area (Å²) in [5, 5.41) is 10.3. The molecule has 0 radical (unpaired) electrons. The molecular formula is C11H12BrNO. The van der Waals surface area contributed by atoms with Crippen molar-refractivity contribution in [3.8, 4) is 0 Å². The molecule has 1 atom stereocenters. The summed E-state index contributed by atoms with van der Waals surface area (Å²) in [4.78, 5) is 3.18. The van der Waals surface area contributed by atoms with Crippen LogP contribution >= 0.6 is 15.9 Å². The quantitative estimate of drug-likeness (QED) is 0.849. The van der Waals surface area contributed by atoms with Crippen LogP contribution in [0.15, 0.2) is 28.9 Å². The van der Waals surface area contributed by atoms with Gasteiger partial charge in [0.25, 0.3) is 0 Å². The third-order valence-corrected chi connectivity index (χ3v) is 3.12. The Morgan fingerprint density at radius 3 is 3.00 bits per heavy atom. The molecule has 2 aromatic rings. The fourth-order valence-electron chi connectivity index (χ4n) is 1.68. The van der Waals surface area contributed by atoms with Crippen molar-refractivity contribution in [2.75, 3.05) is 6.61 Å². The number of H-pyrrole nitrogens is 1. The summed E-state index contributed by atoms with van der Waals surface area (Å²) in [6, 6.07) is 6.10. The average Bonchev–Trinajstić information content (AvgIpc) is 2.59. The summed E-state index contributed by atoms with van der Waals surface area (Å²) < 4.78 is 1.06. The molecule has 14 heavy (non-hydrogen) atoms. The first kappa shape index (κ1) is 9.74. The van der Waals surface area contributed by atoms with Crippen molar-refractivity contribution < 1.29 is 5.11 Å². The molecule has 0 aliphatic carbocycles. The van der Waals surface area contributed by atoms with Crippen LogP contribution in [0.1, 0.15) is 18.4 Å². The highest BCUT2D eigenvalue weighted by atomic mass is 79.9.